The average Bonchev–Trinajstić information content (AvgIpc) is 3.23. The molecular weight excluding hydrogens is 376 g/mol. The molecule has 7 nitrogen and oxygen atoms in total. The fourth-order valence-electron chi connectivity index (χ4n) is 3.10. The largest absolute Gasteiger partial charge is 0.486 e. The van der Waals surface area contributed by atoms with Crippen molar-refractivity contribution in [3.63, 3.8) is 0 Å². The molecule has 2 aromatic heterocycles. The van der Waals surface area contributed by atoms with Crippen LogP contribution in [0.4, 0.5) is 0 Å². The Labute approximate surface area is 164 Å². The Hall–Kier alpha value is -3.26. The second kappa shape index (κ2) is 7.05. The Morgan fingerprint density at radius 2 is 1.86 bits per heavy atom. The van der Waals surface area contributed by atoms with Crippen LogP contribution in [0.5, 0.6) is 11.5 Å². The van der Waals surface area contributed by atoms with Gasteiger partial charge in [-0.3, -0.25) is 9.89 Å². The molecule has 1 aliphatic rings. The van der Waals surface area contributed by atoms with E-state index < -0.39 is 0 Å². The van der Waals surface area contributed by atoms with Crippen LogP contribution >= 0.6 is 11.8 Å². The summed E-state index contributed by atoms with van der Waals surface area (Å²) in [4.78, 5) is 14.8. The number of fused-ring (bicyclic) bond motifs is 2. The lowest BCUT2D eigenvalue weighted by Gasteiger charge is -2.18. The van der Waals surface area contributed by atoms with E-state index >= 15 is 0 Å². The minimum atomic E-state index is -0.122. The number of nitrogens with zero attached hydrogens (tertiary/aromatic N) is 3. The van der Waals surface area contributed by atoms with Gasteiger partial charge in [-0.2, -0.15) is 10.2 Å². The Morgan fingerprint density at radius 1 is 1.04 bits per heavy atom. The van der Waals surface area contributed by atoms with Crippen LogP contribution in [-0.2, 0) is 6.54 Å². The Bertz CT molecular complexity index is 1200. The standard InChI is InChI=1S/C20H16N4O3S/c25-20-17-3-1-15(28-16-2-4-18-19(10-16)27-8-7-26-18)9-13(17)11-22-24(20)12-14-5-6-21-23-14/h1-6,9-11H,7-8,12H2,(H,21,23). The average molecular weight is 392 g/mol. The summed E-state index contributed by atoms with van der Waals surface area (Å²) in [5, 5.41) is 12.5. The van der Waals surface area contributed by atoms with Gasteiger partial charge in [-0.25, -0.2) is 4.68 Å². The maximum Gasteiger partial charge on any atom is 0.274 e. The number of benzene rings is 2. The molecule has 5 rings (SSSR count). The lowest BCUT2D eigenvalue weighted by atomic mass is 10.2. The lowest BCUT2D eigenvalue weighted by molar-refractivity contribution is 0.171. The third-order valence-electron chi connectivity index (χ3n) is 4.45. The maximum absolute atomic E-state index is 12.7. The van der Waals surface area contributed by atoms with Crippen LogP contribution in [0.25, 0.3) is 10.8 Å². The summed E-state index contributed by atoms with van der Waals surface area (Å²) in [6.45, 7) is 1.51. The van der Waals surface area contributed by atoms with E-state index in [1.807, 2.05) is 42.5 Å². The highest BCUT2D eigenvalue weighted by Gasteiger charge is 2.13. The molecule has 0 saturated carbocycles. The number of aromatic amines is 1. The zero-order valence-corrected chi connectivity index (χ0v) is 15.6. The fraction of sp³-hybridized carbons (Fsp3) is 0.150. The molecule has 0 saturated heterocycles. The highest BCUT2D eigenvalue weighted by Crippen LogP contribution is 2.37. The summed E-state index contributed by atoms with van der Waals surface area (Å²) in [5.74, 6) is 1.54. The summed E-state index contributed by atoms with van der Waals surface area (Å²) < 4.78 is 12.6. The van der Waals surface area contributed by atoms with Crippen molar-refractivity contribution in [2.45, 2.75) is 16.3 Å². The van der Waals surface area contributed by atoms with Crippen LogP contribution in [-0.4, -0.2) is 33.2 Å². The van der Waals surface area contributed by atoms with Crippen molar-refractivity contribution in [1.29, 1.82) is 0 Å². The van der Waals surface area contributed by atoms with Gasteiger partial charge in [-0.05, 0) is 42.5 Å². The smallest absolute Gasteiger partial charge is 0.274 e. The normalized spacial score (nSPS) is 13.0. The molecule has 4 aromatic rings. The monoisotopic (exact) mass is 392 g/mol. The maximum atomic E-state index is 12.7. The zero-order valence-electron chi connectivity index (χ0n) is 14.8. The molecule has 0 fully saturated rings. The number of nitrogens with one attached hydrogen (secondary N) is 1. The van der Waals surface area contributed by atoms with Crippen LogP contribution in [0.15, 0.2) is 69.4 Å². The molecule has 0 radical (unpaired) electrons. The predicted octanol–water partition coefficient (Wildman–Crippen LogP) is 3.09. The molecule has 140 valence electrons. The number of aromatic nitrogens is 4. The molecule has 1 N–H and O–H groups in total. The van der Waals surface area contributed by atoms with Crippen LogP contribution < -0.4 is 15.0 Å². The quantitative estimate of drug-likeness (QED) is 0.575. The minimum Gasteiger partial charge on any atom is -0.486 e. The second-order valence-electron chi connectivity index (χ2n) is 6.35. The Kier molecular flexibility index (Phi) is 4.25. The van der Waals surface area contributed by atoms with E-state index in [2.05, 4.69) is 15.3 Å². The molecule has 0 spiro atoms. The fourth-order valence-corrected chi connectivity index (χ4v) is 4.00. The molecule has 0 atom stereocenters. The van der Waals surface area contributed by atoms with Gasteiger partial charge in [0.1, 0.15) is 13.2 Å². The van der Waals surface area contributed by atoms with Crippen molar-refractivity contribution in [2.75, 3.05) is 13.2 Å². The van der Waals surface area contributed by atoms with Crippen molar-refractivity contribution in [1.82, 2.24) is 20.0 Å². The summed E-state index contributed by atoms with van der Waals surface area (Å²) >= 11 is 1.60. The molecule has 0 bridgehead atoms. The van der Waals surface area contributed by atoms with Crippen LogP contribution in [0.3, 0.4) is 0 Å². The molecule has 28 heavy (non-hydrogen) atoms. The molecule has 1 aliphatic heterocycles. The van der Waals surface area contributed by atoms with Gasteiger partial charge in [0, 0.05) is 21.4 Å². The number of hydrogen-bond donors (Lipinski definition) is 1. The SMILES string of the molecule is O=c1c2ccc(Sc3ccc4c(c3)OCCO4)cc2cnn1Cc1ccn[nH]1. The van der Waals surface area contributed by atoms with Crippen molar-refractivity contribution < 1.29 is 9.47 Å². The van der Waals surface area contributed by atoms with Crippen LogP contribution in [0.2, 0.25) is 0 Å². The first kappa shape index (κ1) is 16.9. The third kappa shape index (κ3) is 3.22. The summed E-state index contributed by atoms with van der Waals surface area (Å²) in [7, 11) is 0. The topological polar surface area (TPSA) is 82.0 Å². The van der Waals surface area contributed by atoms with Gasteiger partial charge in [0.2, 0.25) is 0 Å². The molecular formula is C20H16N4O3S. The zero-order chi connectivity index (χ0) is 18.9. The molecule has 0 amide bonds. The minimum absolute atomic E-state index is 0.122. The predicted molar refractivity (Wildman–Crippen MR) is 105 cm³/mol. The second-order valence-corrected chi connectivity index (χ2v) is 7.49. The van der Waals surface area contributed by atoms with Crippen molar-refractivity contribution in [3.05, 3.63) is 70.9 Å². The van der Waals surface area contributed by atoms with Gasteiger partial charge in [0.25, 0.3) is 5.56 Å². The van der Waals surface area contributed by atoms with E-state index in [9.17, 15) is 4.79 Å². The first-order valence-corrected chi connectivity index (χ1v) is 9.63. The van der Waals surface area contributed by atoms with Gasteiger partial charge in [0.05, 0.1) is 23.8 Å². The highest BCUT2D eigenvalue weighted by molar-refractivity contribution is 7.99. The van der Waals surface area contributed by atoms with Gasteiger partial charge < -0.3 is 9.47 Å². The summed E-state index contributed by atoms with van der Waals surface area (Å²) in [5.41, 5.74) is 0.711. The van der Waals surface area contributed by atoms with E-state index in [0.717, 1.165) is 32.4 Å². The Balaban J connectivity index is 1.43. The van der Waals surface area contributed by atoms with E-state index in [1.54, 1.807) is 24.2 Å². The van der Waals surface area contributed by atoms with Crippen LogP contribution in [0.1, 0.15) is 5.69 Å². The first-order chi connectivity index (χ1) is 13.8. The van der Waals surface area contributed by atoms with E-state index in [4.69, 9.17) is 9.47 Å². The van der Waals surface area contributed by atoms with Gasteiger partial charge in [0.15, 0.2) is 11.5 Å². The third-order valence-corrected chi connectivity index (χ3v) is 5.43. The van der Waals surface area contributed by atoms with Crippen molar-refractivity contribution >= 4 is 22.5 Å². The van der Waals surface area contributed by atoms with E-state index in [1.165, 1.54) is 4.68 Å². The number of hydrogen-bond acceptors (Lipinski definition) is 6. The van der Waals surface area contributed by atoms with Crippen LogP contribution in [0, 0.1) is 0 Å². The summed E-state index contributed by atoms with van der Waals surface area (Å²) in [6.07, 6.45) is 3.38. The lowest BCUT2D eigenvalue weighted by Crippen LogP contribution is -2.23. The van der Waals surface area contributed by atoms with Gasteiger partial charge in [-0.15, -0.1) is 0 Å². The van der Waals surface area contributed by atoms with Gasteiger partial charge >= 0.3 is 0 Å². The molecule has 8 heteroatoms. The molecule has 0 aliphatic carbocycles. The molecule has 2 aromatic carbocycles. The van der Waals surface area contributed by atoms with Crippen molar-refractivity contribution in [2.24, 2.45) is 0 Å². The molecule has 3 heterocycles. The van der Waals surface area contributed by atoms with Gasteiger partial charge in [-0.1, -0.05) is 11.8 Å². The molecule has 0 unspecified atom stereocenters. The summed E-state index contributed by atoms with van der Waals surface area (Å²) in [6, 6.07) is 13.5. The van der Waals surface area contributed by atoms with E-state index in [-0.39, 0.29) is 5.56 Å². The number of rotatable bonds is 4. The van der Waals surface area contributed by atoms with E-state index in [0.29, 0.717) is 25.1 Å². The number of ether oxygens (including phenoxy) is 2. The Morgan fingerprint density at radius 3 is 2.71 bits per heavy atom. The number of H-pyrrole nitrogens is 1. The highest BCUT2D eigenvalue weighted by atomic mass is 32.2. The van der Waals surface area contributed by atoms with Crippen molar-refractivity contribution in [3.8, 4) is 11.5 Å². The first-order valence-electron chi connectivity index (χ1n) is 8.82.